The van der Waals surface area contributed by atoms with Crippen molar-refractivity contribution in [2.45, 2.75) is 51.3 Å². The van der Waals surface area contributed by atoms with Gasteiger partial charge in [-0.25, -0.2) is 14.4 Å². The monoisotopic (exact) mass is 394 g/mol. The number of hydrogen-bond donors (Lipinski definition) is 3. The normalized spacial score (nSPS) is 13.0. The van der Waals surface area contributed by atoms with E-state index in [-0.39, 0.29) is 6.42 Å². The summed E-state index contributed by atoms with van der Waals surface area (Å²) < 4.78 is 9.69. The number of carbonyl (C=O) groups excluding carboxylic acids is 3. The number of carboxylic acids is 1. The maximum atomic E-state index is 12.3. The van der Waals surface area contributed by atoms with E-state index in [1.165, 1.54) is 7.11 Å². The molecular weight excluding hydrogens is 368 g/mol. The average molecular weight is 394 g/mol. The molecule has 0 aromatic heterocycles. The van der Waals surface area contributed by atoms with Crippen molar-refractivity contribution in [1.29, 1.82) is 0 Å². The molecule has 0 radical (unpaired) electrons. The standard InChI is InChI=1S/C19H26N2O7/c1-19(2,3)28-18(26)21-13(16(23)24)11-15(22)20-14(17(25)27-4)10-12-8-6-5-7-9-12/h5-9,13-14H,10-11H2,1-4H3,(H,20,22)(H,21,26)(H,23,24)/t13-,14-/m0/s1. The Morgan fingerprint density at radius 3 is 2.14 bits per heavy atom. The Morgan fingerprint density at radius 2 is 1.64 bits per heavy atom. The number of amides is 2. The van der Waals surface area contributed by atoms with E-state index in [1.54, 1.807) is 45.0 Å². The molecule has 3 N–H and O–H groups in total. The lowest BCUT2D eigenvalue weighted by Gasteiger charge is -2.22. The largest absolute Gasteiger partial charge is 0.480 e. The van der Waals surface area contributed by atoms with Gasteiger partial charge in [0.05, 0.1) is 13.5 Å². The van der Waals surface area contributed by atoms with Gasteiger partial charge in [0, 0.05) is 6.42 Å². The molecule has 0 spiro atoms. The van der Waals surface area contributed by atoms with Gasteiger partial charge in [-0.3, -0.25) is 4.79 Å². The molecule has 0 saturated heterocycles. The third-order valence-corrected chi connectivity index (χ3v) is 3.48. The van der Waals surface area contributed by atoms with Crippen molar-refractivity contribution < 1.29 is 33.8 Å². The van der Waals surface area contributed by atoms with Crippen LogP contribution in [0.2, 0.25) is 0 Å². The van der Waals surface area contributed by atoms with Gasteiger partial charge in [0.2, 0.25) is 5.91 Å². The molecule has 2 atom stereocenters. The Kier molecular flexibility index (Phi) is 8.43. The van der Waals surface area contributed by atoms with Gasteiger partial charge in [0.25, 0.3) is 0 Å². The Balaban J connectivity index is 2.75. The molecule has 0 fully saturated rings. The van der Waals surface area contributed by atoms with Crippen LogP contribution in [0.1, 0.15) is 32.8 Å². The minimum Gasteiger partial charge on any atom is -0.480 e. The third-order valence-electron chi connectivity index (χ3n) is 3.48. The highest BCUT2D eigenvalue weighted by atomic mass is 16.6. The predicted octanol–water partition coefficient (Wildman–Crippen LogP) is 1.25. The zero-order valence-electron chi connectivity index (χ0n) is 16.4. The fraction of sp³-hybridized carbons (Fsp3) is 0.474. The second-order valence-corrected chi connectivity index (χ2v) is 7.07. The summed E-state index contributed by atoms with van der Waals surface area (Å²) in [6.45, 7) is 4.87. The molecule has 0 heterocycles. The fourth-order valence-electron chi connectivity index (χ4n) is 2.27. The predicted molar refractivity (Wildman–Crippen MR) is 99.5 cm³/mol. The van der Waals surface area contributed by atoms with E-state index in [9.17, 15) is 24.3 Å². The highest BCUT2D eigenvalue weighted by Gasteiger charge is 2.28. The first-order valence-electron chi connectivity index (χ1n) is 8.65. The van der Waals surface area contributed by atoms with Gasteiger partial charge in [-0.2, -0.15) is 0 Å². The molecule has 0 bridgehead atoms. The first-order valence-corrected chi connectivity index (χ1v) is 8.65. The fourth-order valence-corrected chi connectivity index (χ4v) is 2.27. The second kappa shape index (κ2) is 10.3. The molecule has 1 aromatic carbocycles. The zero-order valence-corrected chi connectivity index (χ0v) is 16.4. The quantitative estimate of drug-likeness (QED) is 0.566. The summed E-state index contributed by atoms with van der Waals surface area (Å²) in [6.07, 6.45) is -1.35. The van der Waals surface area contributed by atoms with Gasteiger partial charge in [-0.15, -0.1) is 0 Å². The lowest BCUT2D eigenvalue weighted by atomic mass is 10.1. The molecule has 2 amide bonds. The van der Waals surface area contributed by atoms with Crippen molar-refractivity contribution in [3.8, 4) is 0 Å². The summed E-state index contributed by atoms with van der Waals surface area (Å²) >= 11 is 0. The molecule has 0 saturated carbocycles. The summed E-state index contributed by atoms with van der Waals surface area (Å²) in [5, 5.41) is 13.8. The van der Waals surface area contributed by atoms with Crippen LogP contribution in [0.4, 0.5) is 4.79 Å². The van der Waals surface area contributed by atoms with Crippen molar-refractivity contribution >= 4 is 23.9 Å². The first kappa shape index (κ1) is 22.9. The molecular formula is C19H26N2O7. The number of nitrogens with one attached hydrogen (secondary N) is 2. The number of hydrogen-bond acceptors (Lipinski definition) is 6. The highest BCUT2D eigenvalue weighted by Crippen LogP contribution is 2.08. The van der Waals surface area contributed by atoms with E-state index < -0.39 is 48.0 Å². The number of methoxy groups -OCH3 is 1. The first-order chi connectivity index (χ1) is 13.0. The molecule has 9 heteroatoms. The van der Waals surface area contributed by atoms with Gasteiger partial charge >= 0.3 is 18.0 Å². The van der Waals surface area contributed by atoms with Crippen molar-refractivity contribution in [1.82, 2.24) is 10.6 Å². The van der Waals surface area contributed by atoms with E-state index in [0.29, 0.717) is 0 Å². The molecule has 0 unspecified atom stereocenters. The van der Waals surface area contributed by atoms with Gasteiger partial charge in [0.15, 0.2) is 0 Å². The van der Waals surface area contributed by atoms with Crippen LogP contribution in [0.5, 0.6) is 0 Å². The zero-order chi connectivity index (χ0) is 21.3. The highest BCUT2D eigenvalue weighted by molar-refractivity contribution is 5.89. The molecule has 0 aliphatic carbocycles. The summed E-state index contributed by atoms with van der Waals surface area (Å²) in [4.78, 5) is 47.4. The van der Waals surface area contributed by atoms with E-state index in [2.05, 4.69) is 10.6 Å². The lowest BCUT2D eigenvalue weighted by Crippen LogP contribution is -2.49. The van der Waals surface area contributed by atoms with Gasteiger partial charge in [-0.05, 0) is 26.3 Å². The molecule has 1 rings (SSSR count). The minimum absolute atomic E-state index is 0.177. The van der Waals surface area contributed by atoms with Crippen LogP contribution in [0.15, 0.2) is 30.3 Å². The number of aliphatic carboxylic acids is 1. The number of rotatable bonds is 8. The maximum Gasteiger partial charge on any atom is 0.408 e. The Bertz CT molecular complexity index is 698. The number of carbonyl (C=O) groups is 4. The van der Waals surface area contributed by atoms with Crippen LogP contribution < -0.4 is 10.6 Å². The Hall–Kier alpha value is -3.10. The Morgan fingerprint density at radius 1 is 1.04 bits per heavy atom. The van der Waals surface area contributed by atoms with Crippen LogP contribution in [-0.2, 0) is 30.3 Å². The number of ether oxygens (including phenoxy) is 2. The van der Waals surface area contributed by atoms with Gasteiger partial charge < -0.3 is 25.2 Å². The molecule has 28 heavy (non-hydrogen) atoms. The van der Waals surface area contributed by atoms with Crippen LogP contribution >= 0.6 is 0 Å². The van der Waals surface area contributed by atoms with E-state index in [0.717, 1.165) is 5.56 Å². The minimum atomic E-state index is -1.51. The summed E-state index contributed by atoms with van der Waals surface area (Å²) in [7, 11) is 1.19. The number of carboxylic acid groups (broad SMARTS) is 1. The van der Waals surface area contributed by atoms with E-state index in [4.69, 9.17) is 9.47 Å². The number of esters is 1. The summed E-state index contributed by atoms with van der Waals surface area (Å²) in [6, 6.07) is 6.46. The summed E-state index contributed by atoms with van der Waals surface area (Å²) in [5.41, 5.74) is -0.0269. The van der Waals surface area contributed by atoms with Crippen molar-refractivity contribution in [3.63, 3.8) is 0 Å². The van der Waals surface area contributed by atoms with Crippen LogP contribution in [0.3, 0.4) is 0 Å². The maximum absolute atomic E-state index is 12.3. The lowest BCUT2D eigenvalue weighted by molar-refractivity contribution is -0.145. The number of alkyl carbamates (subject to hydrolysis) is 1. The SMILES string of the molecule is COC(=O)[C@H](Cc1ccccc1)NC(=O)C[C@H](NC(=O)OC(C)(C)C)C(=O)O. The molecule has 154 valence electrons. The second-order valence-electron chi connectivity index (χ2n) is 7.07. The molecule has 1 aromatic rings. The van der Waals surface area contributed by atoms with E-state index >= 15 is 0 Å². The molecule has 9 nitrogen and oxygen atoms in total. The van der Waals surface area contributed by atoms with E-state index in [1.807, 2.05) is 6.07 Å². The summed E-state index contributed by atoms with van der Waals surface area (Å²) in [5.74, 6) is -2.79. The van der Waals surface area contributed by atoms with Crippen LogP contribution in [0, 0.1) is 0 Å². The van der Waals surface area contributed by atoms with Crippen molar-refractivity contribution in [2.75, 3.05) is 7.11 Å². The number of benzene rings is 1. The van der Waals surface area contributed by atoms with Crippen LogP contribution in [-0.4, -0.2) is 53.8 Å². The molecule has 0 aliphatic heterocycles. The van der Waals surface area contributed by atoms with Gasteiger partial charge in [-0.1, -0.05) is 30.3 Å². The Labute approximate surface area is 163 Å². The van der Waals surface area contributed by atoms with Gasteiger partial charge in [0.1, 0.15) is 17.7 Å². The average Bonchev–Trinajstić information content (AvgIpc) is 2.59. The third kappa shape index (κ3) is 8.52. The molecule has 0 aliphatic rings. The van der Waals surface area contributed by atoms with Crippen molar-refractivity contribution in [3.05, 3.63) is 35.9 Å². The smallest absolute Gasteiger partial charge is 0.408 e. The van der Waals surface area contributed by atoms with Crippen molar-refractivity contribution in [2.24, 2.45) is 0 Å². The van der Waals surface area contributed by atoms with Crippen LogP contribution in [0.25, 0.3) is 0 Å². The topological polar surface area (TPSA) is 131 Å².